The number of amides is 1. The van der Waals surface area contributed by atoms with Crippen LogP contribution in [0.25, 0.3) is 0 Å². The molecule has 0 radical (unpaired) electrons. The first-order valence-corrected chi connectivity index (χ1v) is 6.42. The van der Waals surface area contributed by atoms with Gasteiger partial charge < -0.3 is 15.4 Å². The number of aryl methyl sites for hydroxylation is 1. The van der Waals surface area contributed by atoms with Crippen molar-refractivity contribution < 1.29 is 9.53 Å². The number of rotatable bonds is 4. The Morgan fingerprint density at radius 2 is 2.11 bits per heavy atom. The maximum Gasteiger partial charge on any atom is 0.407 e. The molecule has 1 atom stereocenters. The monoisotopic (exact) mass is 265 g/mol. The molecule has 5 nitrogen and oxygen atoms in total. The summed E-state index contributed by atoms with van der Waals surface area (Å²) in [7, 11) is 0. The Morgan fingerprint density at radius 1 is 1.42 bits per heavy atom. The zero-order valence-electron chi connectivity index (χ0n) is 12.3. The van der Waals surface area contributed by atoms with Crippen molar-refractivity contribution in [3.05, 3.63) is 24.0 Å². The summed E-state index contributed by atoms with van der Waals surface area (Å²) >= 11 is 0. The van der Waals surface area contributed by atoms with Crippen LogP contribution < -0.4 is 10.6 Å². The molecule has 0 aliphatic rings. The first-order chi connectivity index (χ1) is 8.76. The lowest BCUT2D eigenvalue weighted by Gasteiger charge is -2.21. The zero-order valence-corrected chi connectivity index (χ0v) is 12.3. The van der Waals surface area contributed by atoms with Crippen LogP contribution in [-0.4, -0.2) is 29.3 Å². The third-order valence-corrected chi connectivity index (χ3v) is 2.28. The van der Waals surface area contributed by atoms with Crippen molar-refractivity contribution in [1.82, 2.24) is 10.3 Å². The van der Waals surface area contributed by atoms with Crippen LogP contribution in [0.15, 0.2) is 18.3 Å². The number of alkyl carbamates (subject to hydrolysis) is 1. The fourth-order valence-electron chi connectivity index (χ4n) is 1.44. The van der Waals surface area contributed by atoms with Gasteiger partial charge in [0.1, 0.15) is 5.60 Å². The van der Waals surface area contributed by atoms with E-state index in [9.17, 15) is 4.79 Å². The summed E-state index contributed by atoms with van der Waals surface area (Å²) in [6, 6.07) is 4.00. The van der Waals surface area contributed by atoms with Gasteiger partial charge in [0, 0.05) is 18.3 Å². The summed E-state index contributed by atoms with van der Waals surface area (Å²) in [5, 5.41) is 5.98. The van der Waals surface area contributed by atoms with Crippen LogP contribution in [0.3, 0.4) is 0 Å². The maximum absolute atomic E-state index is 11.5. The number of aromatic nitrogens is 1. The van der Waals surface area contributed by atoms with E-state index in [1.54, 1.807) is 6.20 Å². The highest BCUT2D eigenvalue weighted by molar-refractivity contribution is 5.67. The van der Waals surface area contributed by atoms with Gasteiger partial charge >= 0.3 is 6.09 Å². The van der Waals surface area contributed by atoms with E-state index >= 15 is 0 Å². The number of nitrogens with zero attached hydrogens (tertiary/aromatic N) is 1. The lowest BCUT2D eigenvalue weighted by Crippen LogP contribution is -2.38. The number of pyridine rings is 1. The third-order valence-electron chi connectivity index (χ3n) is 2.28. The maximum atomic E-state index is 11.5. The molecule has 1 rings (SSSR count). The Hall–Kier alpha value is -1.78. The van der Waals surface area contributed by atoms with Crippen LogP contribution in [0.1, 0.15) is 33.4 Å². The van der Waals surface area contributed by atoms with Crippen molar-refractivity contribution in [1.29, 1.82) is 0 Å². The Labute approximate surface area is 114 Å². The molecule has 0 aromatic carbocycles. The van der Waals surface area contributed by atoms with E-state index in [0.717, 1.165) is 11.4 Å². The Balaban J connectivity index is 2.33. The smallest absolute Gasteiger partial charge is 0.407 e. The quantitative estimate of drug-likeness (QED) is 0.878. The lowest BCUT2D eigenvalue weighted by atomic mass is 10.2. The molecule has 1 heterocycles. The number of hydrogen-bond donors (Lipinski definition) is 2. The summed E-state index contributed by atoms with van der Waals surface area (Å²) in [6.45, 7) is 9.93. The molecule has 106 valence electrons. The van der Waals surface area contributed by atoms with Crippen LogP contribution in [0.5, 0.6) is 0 Å². The molecule has 2 N–H and O–H groups in total. The average Bonchev–Trinajstić information content (AvgIpc) is 2.27. The highest BCUT2D eigenvalue weighted by Gasteiger charge is 2.16. The standard InChI is InChI=1S/C14H23N3O2/c1-10-6-7-12(9-15-10)17-11(2)8-16-13(18)19-14(3,4)5/h6-7,9,11,17H,8H2,1-5H3,(H,16,18). The number of carbonyl (C=O) groups is 1. The second-order valence-corrected chi connectivity index (χ2v) is 5.62. The Bertz CT molecular complexity index is 410. The van der Waals surface area contributed by atoms with Crippen molar-refractivity contribution >= 4 is 11.8 Å². The van der Waals surface area contributed by atoms with Gasteiger partial charge in [-0.05, 0) is 46.8 Å². The van der Waals surface area contributed by atoms with E-state index in [1.807, 2.05) is 46.8 Å². The molecule has 0 aliphatic carbocycles. The van der Waals surface area contributed by atoms with E-state index in [-0.39, 0.29) is 6.04 Å². The topological polar surface area (TPSA) is 63.2 Å². The SMILES string of the molecule is Cc1ccc(NC(C)CNC(=O)OC(C)(C)C)cn1. The van der Waals surface area contributed by atoms with Gasteiger partial charge in [0.2, 0.25) is 0 Å². The fourth-order valence-corrected chi connectivity index (χ4v) is 1.44. The summed E-state index contributed by atoms with van der Waals surface area (Å²) in [4.78, 5) is 15.7. The molecular formula is C14H23N3O2. The van der Waals surface area contributed by atoms with Crippen molar-refractivity contribution in [2.45, 2.75) is 46.3 Å². The van der Waals surface area contributed by atoms with Gasteiger partial charge in [-0.3, -0.25) is 4.98 Å². The largest absolute Gasteiger partial charge is 0.444 e. The highest BCUT2D eigenvalue weighted by Crippen LogP contribution is 2.08. The molecule has 0 fully saturated rings. The number of carbonyl (C=O) groups excluding carboxylic acids is 1. The van der Waals surface area contributed by atoms with Crippen LogP contribution in [0, 0.1) is 6.92 Å². The van der Waals surface area contributed by atoms with Crippen LogP contribution in [0.2, 0.25) is 0 Å². The molecule has 1 aromatic rings. The molecular weight excluding hydrogens is 242 g/mol. The summed E-state index contributed by atoms with van der Waals surface area (Å²) in [6.07, 6.45) is 1.38. The minimum Gasteiger partial charge on any atom is -0.444 e. The van der Waals surface area contributed by atoms with Gasteiger partial charge in [0.15, 0.2) is 0 Å². The van der Waals surface area contributed by atoms with E-state index in [2.05, 4.69) is 15.6 Å². The number of anilines is 1. The van der Waals surface area contributed by atoms with Crippen LogP contribution in [0.4, 0.5) is 10.5 Å². The normalized spacial score (nSPS) is 12.7. The van der Waals surface area contributed by atoms with Gasteiger partial charge in [0.25, 0.3) is 0 Å². The molecule has 1 amide bonds. The molecule has 1 unspecified atom stereocenters. The van der Waals surface area contributed by atoms with Crippen molar-refractivity contribution in [3.8, 4) is 0 Å². The molecule has 1 aromatic heterocycles. The Kier molecular flexibility index (Phi) is 5.15. The molecule has 0 bridgehead atoms. The first-order valence-electron chi connectivity index (χ1n) is 6.42. The van der Waals surface area contributed by atoms with Crippen molar-refractivity contribution in [2.24, 2.45) is 0 Å². The molecule has 19 heavy (non-hydrogen) atoms. The molecule has 0 saturated heterocycles. The number of hydrogen-bond acceptors (Lipinski definition) is 4. The zero-order chi connectivity index (χ0) is 14.5. The first kappa shape index (κ1) is 15.3. The summed E-state index contributed by atoms with van der Waals surface area (Å²) in [5.74, 6) is 0. The molecule has 0 saturated carbocycles. The predicted octanol–water partition coefficient (Wildman–Crippen LogP) is 2.72. The second-order valence-electron chi connectivity index (χ2n) is 5.62. The molecule has 0 aliphatic heterocycles. The average molecular weight is 265 g/mol. The molecule has 0 spiro atoms. The highest BCUT2D eigenvalue weighted by atomic mass is 16.6. The fraction of sp³-hybridized carbons (Fsp3) is 0.571. The summed E-state index contributed by atoms with van der Waals surface area (Å²) < 4.78 is 5.16. The van der Waals surface area contributed by atoms with Crippen LogP contribution >= 0.6 is 0 Å². The van der Waals surface area contributed by atoms with E-state index in [1.165, 1.54) is 0 Å². The van der Waals surface area contributed by atoms with Gasteiger partial charge in [-0.1, -0.05) is 0 Å². The Morgan fingerprint density at radius 3 is 2.63 bits per heavy atom. The van der Waals surface area contributed by atoms with Gasteiger partial charge in [-0.2, -0.15) is 0 Å². The van der Waals surface area contributed by atoms with Crippen molar-refractivity contribution in [3.63, 3.8) is 0 Å². The van der Waals surface area contributed by atoms with E-state index < -0.39 is 11.7 Å². The second kappa shape index (κ2) is 6.41. The lowest BCUT2D eigenvalue weighted by molar-refractivity contribution is 0.0526. The predicted molar refractivity (Wildman–Crippen MR) is 76.3 cm³/mol. The van der Waals surface area contributed by atoms with Crippen molar-refractivity contribution in [2.75, 3.05) is 11.9 Å². The van der Waals surface area contributed by atoms with E-state index in [4.69, 9.17) is 4.74 Å². The van der Waals surface area contributed by atoms with Gasteiger partial charge in [-0.15, -0.1) is 0 Å². The third kappa shape index (κ3) is 6.64. The molecule has 5 heteroatoms. The number of ether oxygens (including phenoxy) is 1. The minimum absolute atomic E-state index is 0.0945. The van der Waals surface area contributed by atoms with Crippen LogP contribution in [-0.2, 0) is 4.74 Å². The van der Waals surface area contributed by atoms with Gasteiger partial charge in [-0.25, -0.2) is 4.79 Å². The minimum atomic E-state index is -0.471. The summed E-state index contributed by atoms with van der Waals surface area (Å²) in [5.41, 5.74) is 1.44. The van der Waals surface area contributed by atoms with E-state index in [0.29, 0.717) is 6.54 Å². The number of nitrogens with one attached hydrogen (secondary N) is 2. The van der Waals surface area contributed by atoms with Gasteiger partial charge in [0.05, 0.1) is 11.9 Å².